The smallest absolute Gasteiger partial charge is 0.217 e. The largest absolute Gasteiger partial charge is 0.493 e. The molecule has 0 unspecified atom stereocenters. The summed E-state index contributed by atoms with van der Waals surface area (Å²) in [5, 5.41) is 15.1. The van der Waals surface area contributed by atoms with Crippen LogP contribution >= 0.6 is 0 Å². The molecule has 1 N–H and O–H groups in total. The minimum Gasteiger partial charge on any atom is -0.493 e. The third kappa shape index (κ3) is 2.65. The van der Waals surface area contributed by atoms with E-state index in [0.717, 1.165) is 29.8 Å². The van der Waals surface area contributed by atoms with Gasteiger partial charge in [0.15, 0.2) is 0 Å². The summed E-state index contributed by atoms with van der Waals surface area (Å²) in [7, 11) is 0. The summed E-state index contributed by atoms with van der Waals surface area (Å²) in [5.74, 6) is 0.276. The summed E-state index contributed by atoms with van der Waals surface area (Å²) < 4.78 is 1.71. The van der Waals surface area contributed by atoms with Gasteiger partial charge in [-0.25, -0.2) is 4.68 Å². The molecule has 1 aromatic heterocycles. The zero-order chi connectivity index (χ0) is 14.0. The highest BCUT2D eigenvalue weighted by atomic mass is 16.3. The lowest BCUT2D eigenvalue weighted by atomic mass is 9.87. The fourth-order valence-corrected chi connectivity index (χ4v) is 2.22. The van der Waals surface area contributed by atoms with E-state index in [1.807, 2.05) is 30.3 Å². The van der Waals surface area contributed by atoms with Crippen LogP contribution in [0.15, 0.2) is 30.3 Å². The fourth-order valence-electron chi connectivity index (χ4n) is 2.22. The van der Waals surface area contributed by atoms with Crippen molar-refractivity contribution in [2.45, 2.75) is 46.1 Å². The van der Waals surface area contributed by atoms with E-state index in [0.29, 0.717) is 0 Å². The Hall–Kier alpha value is -1.77. The van der Waals surface area contributed by atoms with E-state index in [-0.39, 0.29) is 11.3 Å². The Labute approximate surface area is 114 Å². The van der Waals surface area contributed by atoms with Crippen molar-refractivity contribution < 1.29 is 5.11 Å². The number of aromatic hydroxyl groups is 1. The van der Waals surface area contributed by atoms with E-state index < -0.39 is 0 Å². The Morgan fingerprint density at radius 1 is 1.16 bits per heavy atom. The summed E-state index contributed by atoms with van der Waals surface area (Å²) in [6, 6.07) is 9.98. The average Bonchev–Trinajstić information content (AvgIpc) is 2.69. The van der Waals surface area contributed by atoms with Gasteiger partial charge >= 0.3 is 0 Å². The number of aryl methyl sites for hydroxylation is 1. The van der Waals surface area contributed by atoms with Gasteiger partial charge in [-0.1, -0.05) is 58.0 Å². The van der Waals surface area contributed by atoms with Crippen molar-refractivity contribution in [2.24, 2.45) is 0 Å². The zero-order valence-electron chi connectivity index (χ0n) is 12.1. The van der Waals surface area contributed by atoms with Crippen LogP contribution in [0.2, 0.25) is 0 Å². The molecule has 0 atom stereocenters. The van der Waals surface area contributed by atoms with Crippen LogP contribution in [0.1, 0.15) is 39.8 Å². The van der Waals surface area contributed by atoms with Gasteiger partial charge in [0.05, 0.1) is 11.3 Å². The van der Waals surface area contributed by atoms with Gasteiger partial charge in [0.25, 0.3) is 0 Å². The zero-order valence-corrected chi connectivity index (χ0v) is 12.1. The van der Waals surface area contributed by atoms with Crippen LogP contribution in [0.25, 0.3) is 11.1 Å². The van der Waals surface area contributed by atoms with E-state index in [9.17, 15) is 5.11 Å². The molecule has 0 amide bonds. The van der Waals surface area contributed by atoms with Gasteiger partial charge in [-0.3, -0.25) is 0 Å². The third-order valence-electron chi connectivity index (χ3n) is 3.13. The molecule has 0 radical (unpaired) electrons. The SMILES string of the molecule is CCCn1nc(C(C)(C)C)c(-c2ccccc2)c1O. The van der Waals surface area contributed by atoms with Crippen LogP contribution in [0, 0.1) is 0 Å². The highest BCUT2D eigenvalue weighted by Crippen LogP contribution is 2.38. The minimum atomic E-state index is -0.0956. The Bertz CT molecular complexity index is 550. The molecule has 0 aliphatic rings. The van der Waals surface area contributed by atoms with Crippen LogP contribution in [-0.2, 0) is 12.0 Å². The van der Waals surface area contributed by atoms with Crippen molar-refractivity contribution in [1.29, 1.82) is 0 Å². The summed E-state index contributed by atoms with van der Waals surface area (Å²) in [5.41, 5.74) is 2.74. The molecule has 3 nitrogen and oxygen atoms in total. The first-order valence-electron chi connectivity index (χ1n) is 6.80. The van der Waals surface area contributed by atoms with Crippen LogP contribution in [0.3, 0.4) is 0 Å². The molecule has 0 spiro atoms. The lowest BCUT2D eigenvalue weighted by Crippen LogP contribution is -2.14. The molecule has 3 heteroatoms. The number of rotatable bonds is 3. The van der Waals surface area contributed by atoms with E-state index >= 15 is 0 Å². The summed E-state index contributed by atoms with van der Waals surface area (Å²) >= 11 is 0. The van der Waals surface area contributed by atoms with Crippen molar-refractivity contribution in [1.82, 2.24) is 9.78 Å². The van der Waals surface area contributed by atoms with Gasteiger partial charge in [0.1, 0.15) is 0 Å². The fraction of sp³-hybridized carbons (Fsp3) is 0.438. The Morgan fingerprint density at radius 3 is 2.32 bits per heavy atom. The normalized spacial score (nSPS) is 11.8. The van der Waals surface area contributed by atoms with Crippen molar-refractivity contribution in [2.75, 3.05) is 0 Å². The quantitative estimate of drug-likeness (QED) is 0.904. The summed E-state index contributed by atoms with van der Waals surface area (Å²) in [6.07, 6.45) is 0.951. The van der Waals surface area contributed by atoms with E-state index in [4.69, 9.17) is 0 Å². The van der Waals surface area contributed by atoms with Crippen molar-refractivity contribution in [3.8, 4) is 17.0 Å². The molecular formula is C16H22N2O. The molecule has 2 aromatic rings. The molecule has 2 rings (SSSR count). The van der Waals surface area contributed by atoms with Crippen LogP contribution in [-0.4, -0.2) is 14.9 Å². The second-order valence-corrected chi connectivity index (χ2v) is 5.89. The highest BCUT2D eigenvalue weighted by molar-refractivity contribution is 5.72. The predicted molar refractivity (Wildman–Crippen MR) is 78.3 cm³/mol. The number of aromatic nitrogens is 2. The first-order chi connectivity index (χ1) is 8.95. The minimum absolute atomic E-state index is 0.0956. The van der Waals surface area contributed by atoms with Gasteiger partial charge in [-0.05, 0) is 12.0 Å². The number of benzene rings is 1. The van der Waals surface area contributed by atoms with Crippen molar-refractivity contribution >= 4 is 0 Å². The molecule has 0 bridgehead atoms. The molecule has 0 aliphatic carbocycles. The second kappa shape index (κ2) is 5.08. The van der Waals surface area contributed by atoms with E-state index in [1.54, 1.807) is 4.68 Å². The molecule has 102 valence electrons. The van der Waals surface area contributed by atoms with Crippen LogP contribution in [0.4, 0.5) is 0 Å². The molecule has 19 heavy (non-hydrogen) atoms. The molecule has 0 saturated heterocycles. The summed E-state index contributed by atoms with van der Waals surface area (Å²) in [4.78, 5) is 0. The Morgan fingerprint density at radius 2 is 1.79 bits per heavy atom. The molecular weight excluding hydrogens is 236 g/mol. The number of hydrogen-bond donors (Lipinski definition) is 1. The lowest BCUT2D eigenvalue weighted by molar-refractivity contribution is 0.397. The Kier molecular flexibility index (Phi) is 3.65. The van der Waals surface area contributed by atoms with E-state index in [1.165, 1.54) is 0 Å². The highest BCUT2D eigenvalue weighted by Gasteiger charge is 2.27. The lowest BCUT2D eigenvalue weighted by Gasteiger charge is -2.17. The number of nitrogens with zero attached hydrogens (tertiary/aromatic N) is 2. The van der Waals surface area contributed by atoms with Gasteiger partial charge < -0.3 is 5.11 Å². The maximum atomic E-state index is 10.5. The average molecular weight is 258 g/mol. The van der Waals surface area contributed by atoms with Gasteiger partial charge in [0.2, 0.25) is 5.88 Å². The van der Waals surface area contributed by atoms with Gasteiger partial charge in [-0.2, -0.15) is 5.10 Å². The number of hydrogen-bond acceptors (Lipinski definition) is 2. The second-order valence-electron chi connectivity index (χ2n) is 5.89. The molecule has 0 fully saturated rings. The maximum Gasteiger partial charge on any atom is 0.217 e. The van der Waals surface area contributed by atoms with Gasteiger partial charge in [0, 0.05) is 12.0 Å². The third-order valence-corrected chi connectivity index (χ3v) is 3.13. The topological polar surface area (TPSA) is 38.0 Å². The van der Waals surface area contributed by atoms with E-state index in [2.05, 4.69) is 32.8 Å². The van der Waals surface area contributed by atoms with Gasteiger partial charge in [-0.15, -0.1) is 0 Å². The monoisotopic (exact) mass is 258 g/mol. The first kappa shape index (κ1) is 13.7. The Balaban J connectivity index is 2.64. The summed E-state index contributed by atoms with van der Waals surface area (Å²) in [6.45, 7) is 9.19. The predicted octanol–water partition coefficient (Wildman–Crippen LogP) is 3.96. The molecule has 0 saturated carbocycles. The van der Waals surface area contributed by atoms with Crippen molar-refractivity contribution in [3.05, 3.63) is 36.0 Å². The molecule has 1 aromatic carbocycles. The molecule has 0 aliphatic heterocycles. The molecule has 1 heterocycles. The van der Waals surface area contributed by atoms with Crippen LogP contribution < -0.4 is 0 Å². The first-order valence-corrected chi connectivity index (χ1v) is 6.80. The van der Waals surface area contributed by atoms with Crippen molar-refractivity contribution in [3.63, 3.8) is 0 Å². The maximum absolute atomic E-state index is 10.5. The van der Waals surface area contributed by atoms with Crippen LogP contribution in [0.5, 0.6) is 5.88 Å². The standard InChI is InChI=1S/C16H22N2O/c1-5-11-18-15(19)13(12-9-7-6-8-10-12)14(17-18)16(2,3)4/h6-10,19H,5,11H2,1-4H3.